The summed E-state index contributed by atoms with van der Waals surface area (Å²) < 4.78 is 39.5. The maximum absolute atomic E-state index is 12.8. The molecular weight excluding hydrogens is 373 g/mol. The molecule has 1 N–H and O–H groups in total. The van der Waals surface area contributed by atoms with Crippen LogP contribution in [0.3, 0.4) is 0 Å². The second kappa shape index (κ2) is 8.08. The van der Waals surface area contributed by atoms with Gasteiger partial charge in [-0.15, -0.1) is 11.3 Å². The number of para-hydroxylation sites is 1. The fourth-order valence-corrected chi connectivity index (χ4v) is 3.82. The van der Waals surface area contributed by atoms with Crippen molar-refractivity contribution in [2.75, 3.05) is 0 Å². The lowest BCUT2D eigenvalue weighted by Crippen LogP contribution is -2.26. The minimum absolute atomic E-state index is 0.180. The van der Waals surface area contributed by atoms with E-state index >= 15 is 0 Å². The Bertz CT molecular complexity index is 903. The first kappa shape index (κ1) is 19.4. The third kappa shape index (κ3) is 5.07. The number of amides is 1. The molecular formula is C20H19F3N2OS. The van der Waals surface area contributed by atoms with Gasteiger partial charge in [0.25, 0.3) is 0 Å². The van der Waals surface area contributed by atoms with Crippen molar-refractivity contribution in [1.82, 2.24) is 10.3 Å². The monoisotopic (exact) mass is 392 g/mol. The van der Waals surface area contributed by atoms with Crippen molar-refractivity contribution in [2.45, 2.75) is 38.4 Å². The molecule has 3 aromatic rings. The third-order valence-corrected chi connectivity index (χ3v) is 5.32. The Labute approximate surface area is 159 Å². The molecule has 1 atom stereocenters. The van der Waals surface area contributed by atoms with Crippen molar-refractivity contribution >= 4 is 27.5 Å². The second-order valence-corrected chi connectivity index (χ2v) is 7.46. The summed E-state index contributed by atoms with van der Waals surface area (Å²) in [6.07, 6.45) is -2.75. The van der Waals surface area contributed by atoms with Gasteiger partial charge in [-0.05, 0) is 49.6 Å². The second-order valence-electron chi connectivity index (χ2n) is 6.34. The van der Waals surface area contributed by atoms with Crippen LogP contribution < -0.4 is 5.32 Å². The van der Waals surface area contributed by atoms with Gasteiger partial charge in [0.2, 0.25) is 5.91 Å². The quantitative estimate of drug-likeness (QED) is 0.601. The maximum Gasteiger partial charge on any atom is 0.416 e. The van der Waals surface area contributed by atoms with E-state index in [-0.39, 0.29) is 5.91 Å². The average Bonchev–Trinajstić information content (AvgIpc) is 3.03. The lowest BCUT2D eigenvalue weighted by Gasteiger charge is -2.16. The number of fused-ring (bicyclic) bond motifs is 1. The van der Waals surface area contributed by atoms with Gasteiger partial charge in [0, 0.05) is 6.42 Å². The number of aromatic nitrogens is 1. The van der Waals surface area contributed by atoms with Crippen LogP contribution in [0.1, 0.15) is 41.9 Å². The number of thiazole rings is 1. The molecule has 1 amide bonds. The molecule has 0 saturated heterocycles. The van der Waals surface area contributed by atoms with Crippen LogP contribution in [0.2, 0.25) is 0 Å². The number of benzene rings is 2. The highest BCUT2D eigenvalue weighted by Crippen LogP contribution is 2.30. The Morgan fingerprint density at radius 3 is 2.70 bits per heavy atom. The van der Waals surface area contributed by atoms with E-state index in [1.165, 1.54) is 6.07 Å². The average molecular weight is 392 g/mol. The van der Waals surface area contributed by atoms with Crippen LogP contribution in [0.15, 0.2) is 48.5 Å². The van der Waals surface area contributed by atoms with Crippen LogP contribution >= 0.6 is 11.3 Å². The lowest BCUT2D eigenvalue weighted by molar-refractivity contribution is -0.137. The topological polar surface area (TPSA) is 42.0 Å². The summed E-state index contributed by atoms with van der Waals surface area (Å²) in [4.78, 5) is 16.7. The molecule has 0 aliphatic heterocycles. The van der Waals surface area contributed by atoms with Gasteiger partial charge in [-0.3, -0.25) is 4.79 Å². The first-order valence-corrected chi connectivity index (χ1v) is 9.45. The van der Waals surface area contributed by atoms with Crippen LogP contribution in [0.5, 0.6) is 0 Å². The van der Waals surface area contributed by atoms with Crippen molar-refractivity contribution in [3.63, 3.8) is 0 Å². The first-order chi connectivity index (χ1) is 12.8. The Hall–Kier alpha value is -2.41. The number of carbonyl (C=O) groups excluding carboxylic acids is 1. The van der Waals surface area contributed by atoms with Crippen LogP contribution in [0.4, 0.5) is 13.2 Å². The number of alkyl halides is 3. The number of carbonyl (C=O) groups is 1. The largest absolute Gasteiger partial charge is 0.416 e. The molecule has 2 aromatic carbocycles. The SMILES string of the molecule is CC(NC(=O)CCCc1nc2ccccc2s1)c1cccc(C(F)(F)F)c1. The molecule has 0 spiro atoms. The standard InChI is InChI=1S/C20H19F3N2OS/c1-13(14-6-4-7-15(12-14)20(21,22)23)24-18(26)10-5-11-19-25-16-8-2-3-9-17(16)27-19/h2-4,6-9,12-13H,5,10-11H2,1H3,(H,24,26). The van der Waals surface area contributed by atoms with Gasteiger partial charge in [-0.1, -0.05) is 24.3 Å². The Kier molecular flexibility index (Phi) is 5.79. The van der Waals surface area contributed by atoms with Gasteiger partial charge >= 0.3 is 6.18 Å². The number of hydrogen-bond donors (Lipinski definition) is 1. The van der Waals surface area contributed by atoms with Gasteiger partial charge in [-0.2, -0.15) is 13.2 Å². The predicted molar refractivity (Wildman–Crippen MR) is 101 cm³/mol. The van der Waals surface area contributed by atoms with Gasteiger partial charge in [-0.25, -0.2) is 4.98 Å². The molecule has 142 valence electrons. The summed E-state index contributed by atoms with van der Waals surface area (Å²) in [5.41, 5.74) is 0.682. The summed E-state index contributed by atoms with van der Waals surface area (Å²) in [6.45, 7) is 1.68. The maximum atomic E-state index is 12.8. The van der Waals surface area contributed by atoms with E-state index in [0.717, 1.165) is 27.4 Å². The fraction of sp³-hybridized carbons (Fsp3) is 0.300. The Balaban J connectivity index is 1.51. The molecule has 7 heteroatoms. The number of rotatable bonds is 6. The molecule has 0 fully saturated rings. The number of aryl methyl sites for hydroxylation is 1. The van der Waals surface area contributed by atoms with E-state index in [1.807, 2.05) is 24.3 Å². The van der Waals surface area contributed by atoms with E-state index in [4.69, 9.17) is 0 Å². The zero-order valence-corrected chi connectivity index (χ0v) is 15.5. The molecule has 1 heterocycles. The van der Waals surface area contributed by atoms with Crippen molar-refractivity contribution < 1.29 is 18.0 Å². The van der Waals surface area contributed by atoms with Crippen LogP contribution in [0.25, 0.3) is 10.2 Å². The summed E-state index contributed by atoms with van der Waals surface area (Å²) in [7, 11) is 0. The Morgan fingerprint density at radius 2 is 1.96 bits per heavy atom. The fourth-order valence-electron chi connectivity index (χ4n) is 2.81. The third-order valence-electron chi connectivity index (χ3n) is 4.22. The molecule has 0 radical (unpaired) electrons. The van der Waals surface area contributed by atoms with Gasteiger partial charge in [0.15, 0.2) is 0 Å². The molecule has 27 heavy (non-hydrogen) atoms. The van der Waals surface area contributed by atoms with E-state index in [2.05, 4.69) is 10.3 Å². The minimum Gasteiger partial charge on any atom is -0.350 e. The van der Waals surface area contributed by atoms with Gasteiger partial charge in [0.1, 0.15) is 0 Å². The molecule has 3 rings (SSSR count). The van der Waals surface area contributed by atoms with Gasteiger partial charge in [0.05, 0.1) is 26.8 Å². The zero-order valence-electron chi connectivity index (χ0n) is 14.7. The van der Waals surface area contributed by atoms with Crippen LogP contribution in [-0.2, 0) is 17.4 Å². The number of halogens is 3. The number of nitrogens with one attached hydrogen (secondary N) is 1. The number of hydrogen-bond acceptors (Lipinski definition) is 3. The summed E-state index contributed by atoms with van der Waals surface area (Å²) in [5, 5.41) is 3.75. The molecule has 0 saturated carbocycles. The summed E-state index contributed by atoms with van der Waals surface area (Å²) in [5.74, 6) is -0.180. The van der Waals surface area contributed by atoms with E-state index in [9.17, 15) is 18.0 Å². The molecule has 0 bridgehead atoms. The van der Waals surface area contributed by atoms with Crippen LogP contribution in [0, 0.1) is 0 Å². The molecule has 3 nitrogen and oxygen atoms in total. The lowest BCUT2D eigenvalue weighted by atomic mass is 10.0. The van der Waals surface area contributed by atoms with Crippen molar-refractivity contribution in [3.8, 4) is 0 Å². The molecule has 0 aliphatic rings. The smallest absolute Gasteiger partial charge is 0.350 e. The van der Waals surface area contributed by atoms with Gasteiger partial charge < -0.3 is 5.32 Å². The van der Waals surface area contributed by atoms with E-state index in [0.29, 0.717) is 24.8 Å². The number of nitrogens with zero attached hydrogens (tertiary/aromatic N) is 1. The highest BCUT2D eigenvalue weighted by Gasteiger charge is 2.30. The highest BCUT2D eigenvalue weighted by atomic mass is 32.1. The van der Waals surface area contributed by atoms with E-state index in [1.54, 1.807) is 24.3 Å². The van der Waals surface area contributed by atoms with Crippen LogP contribution in [-0.4, -0.2) is 10.9 Å². The van der Waals surface area contributed by atoms with Crippen molar-refractivity contribution in [2.24, 2.45) is 0 Å². The molecule has 1 unspecified atom stereocenters. The summed E-state index contributed by atoms with van der Waals surface area (Å²) >= 11 is 1.61. The predicted octanol–water partition coefficient (Wildman–Crippen LogP) is 5.52. The highest BCUT2D eigenvalue weighted by molar-refractivity contribution is 7.18. The zero-order chi connectivity index (χ0) is 19.4. The molecule has 0 aliphatic carbocycles. The van der Waals surface area contributed by atoms with Crippen molar-refractivity contribution in [3.05, 3.63) is 64.7 Å². The molecule has 1 aromatic heterocycles. The first-order valence-electron chi connectivity index (χ1n) is 8.64. The van der Waals surface area contributed by atoms with Crippen molar-refractivity contribution in [1.29, 1.82) is 0 Å². The normalized spacial score (nSPS) is 12.9. The minimum atomic E-state index is -4.39. The van der Waals surface area contributed by atoms with E-state index < -0.39 is 17.8 Å². The summed E-state index contributed by atoms with van der Waals surface area (Å²) in [6, 6.07) is 12.4. The Morgan fingerprint density at radius 1 is 1.19 bits per heavy atom.